The fourth-order valence-corrected chi connectivity index (χ4v) is 3.50. The molecule has 0 spiro atoms. The minimum absolute atomic E-state index is 0.00876. The van der Waals surface area contributed by atoms with Crippen molar-refractivity contribution in [2.45, 2.75) is 33.3 Å². The molecule has 4 rings (SSSR count). The number of fused-ring (bicyclic) bond motifs is 1. The molecule has 1 aromatic carbocycles. The van der Waals surface area contributed by atoms with E-state index in [1.807, 2.05) is 13.8 Å². The number of carbonyl (C=O) groups excluding carboxylic acids is 1. The highest BCUT2D eigenvalue weighted by Gasteiger charge is 2.32. The summed E-state index contributed by atoms with van der Waals surface area (Å²) in [5, 5.41) is 4.31. The van der Waals surface area contributed by atoms with E-state index in [0.717, 1.165) is 0 Å². The summed E-state index contributed by atoms with van der Waals surface area (Å²) in [5.41, 5.74) is 0.773. The summed E-state index contributed by atoms with van der Waals surface area (Å²) in [7, 11) is 0. The standard InChI is InChI=1S/C20H18ClN3O4/c1-20(2)8-14-11(15(25)9-20)7-12(18(26)22-14)19-23-17(24-28-19)10-27-16-6-4-3-5-13(16)21/h3-7H,8-10H2,1-2H3,(H,22,26). The minimum Gasteiger partial charge on any atom is -0.484 e. The van der Waals surface area contributed by atoms with Crippen molar-refractivity contribution >= 4 is 17.4 Å². The molecule has 0 unspecified atom stereocenters. The van der Waals surface area contributed by atoms with Gasteiger partial charge in [0.05, 0.1) is 5.02 Å². The molecule has 1 N–H and O–H groups in total. The van der Waals surface area contributed by atoms with Gasteiger partial charge in [-0.1, -0.05) is 42.7 Å². The van der Waals surface area contributed by atoms with Crippen LogP contribution in [0.4, 0.5) is 0 Å². The van der Waals surface area contributed by atoms with Gasteiger partial charge >= 0.3 is 0 Å². The van der Waals surface area contributed by atoms with Crippen molar-refractivity contribution in [1.82, 2.24) is 15.1 Å². The number of ether oxygens (including phenoxy) is 1. The van der Waals surface area contributed by atoms with E-state index in [1.165, 1.54) is 6.07 Å². The van der Waals surface area contributed by atoms with Crippen LogP contribution in [0.3, 0.4) is 0 Å². The first kappa shape index (κ1) is 18.4. The summed E-state index contributed by atoms with van der Waals surface area (Å²) in [6.45, 7) is 4.04. The Morgan fingerprint density at radius 2 is 2.00 bits per heavy atom. The summed E-state index contributed by atoms with van der Waals surface area (Å²) >= 11 is 6.05. The van der Waals surface area contributed by atoms with Crippen LogP contribution in [-0.2, 0) is 13.0 Å². The van der Waals surface area contributed by atoms with Crippen LogP contribution in [0.1, 0.15) is 42.1 Å². The molecule has 0 atom stereocenters. The van der Waals surface area contributed by atoms with Crippen LogP contribution in [0.15, 0.2) is 39.6 Å². The number of H-pyrrole nitrogens is 1. The topological polar surface area (TPSA) is 98.1 Å². The number of Topliss-reactive ketones (excluding diaryl/α,β-unsaturated/α-hetero) is 1. The van der Waals surface area contributed by atoms with Crippen LogP contribution in [0.2, 0.25) is 5.02 Å². The molecule has 2 heterocycles. The third-order valence-electron chi connectivity index (χ3n) is 4.61. The third kappa shape index (κ3) is 3.57. The van der Waals surface area contributed by atoms with Crippen molar-refractivity contribution < 1.29 is 14.1 Å². The monoisotopic (exact) mass is 399 g/mol. The van der Waals surface area contributed by atoms with Crippen LogP contribution < -0.4 is 10.3 Å². The van der Waals surface area contributed by atoms with Gasteiger partial charge in [-0.2, -0.15) is 4.98 Å². The van der Waals surface area contributed by atoms with Crippen molar-refractivity contribution in [3.05, 3.63) is 62.8 Å². The Bertz CT molecular complexity index is 1120. The van der Waals surface area contributed by atoms with E-state index >= 15 is 0 Å². The third-order valence-corrected chi connectivity index (χ3v) is 4.92. The lowest BCUT2D eigenvalue weighted by atomic mass is 9.75. The molecule has 1 aliphatic carbocycles. The van der Waals surface area contributed by atoms with Crippen molar-refractivity contribution in [3.63, 3.8) is 0 Å². The highest BCUT2D eigenvalue weighted by Crippen LogP contribution is 2.34. The average Bonchev–Trinajstić information content (AvgIpc) is 3.08. The lowest BCUT2D eigenvalue weighted by Gasteiger charge is -2.29. The zero-order valence-corrected chi connectivity index (χ0v) is 16.2. The van der Waals surface area contributed by atoms with E-state index in [1.54, 1.807) is 24.3 Å². The maximum Gasteiger partial charge on any atom is 0.263 e. The Hall–Kier alpha value is -2.93. The SMILES string of the molecule is CC1(C)CC(=O)c2cc(-c3nc(COc4ccccc4Cl)no3)c(=O)[nH]c2C1. The number of nitrogens with zero attached hydrogens (tertiary/aromatic N) is 2. The highest BCUT2D eigenvalue weighted by molar-refractivity contribution is 6.32. The fraction of sp³-hybridized carbons (Fsp3) is 0.300. The number of aromatic nitrogens is 3. The van der Waals surface area contributed by atoms with Crippen LogP contribution in [-0.4, -0.2) is 20.9 Å². The van der Waals surface area contributed by atoms with Gasteiger partial charge in [0.25, 0.3) is 11.4 Å². The van der Waals surface area contributed by atoms with Crippen molar-refractivity contribution in [2.75, 3.05) is 0 Å². The average molecular weight is 400 g/mol. The molecule has 0 aliphatic heterocycles. The number of benzene rings is 1. The summed E-state index contributed by atoms with van der Waals surface area (Å²) in [4.78, 5) is 32.0. The first-order valence-corrected chi connectivity index (χ1v) is 9.20. The largest absolute Gasteiger partial charge is 0.484 e. The van der Waals surface area contributed by atoms with Crippen LogP contribution in [0, 0.1) is 5.41 Å². The van der Waals surface area contributed by atoms with Gasteiger partial charge in [-0.3, -0.25) is 9.59 Å². The normalized spacial score (nSPS) is 15.3. The number of hydrogen-bond donors (Lipinski definition) is 1. The van der Waals surface area contributed by atoms with Gasteiger partial charge < -0.3 is 14.2 Å². The van der Waals surface area contributed by atoms with Gasteiger partial charge in [0, 0.05) is 17.7 Å². The van der Waals surface area contributed by atoms with Crippen molar-refractivity contribution in [3.8, 4) is 17.2 Å². The molecule has 0 radical (unpaired) electrons. The molecule has 28 heavy (non-hydrogen) atoms. The number of aromatic amines is 1. The second-order valence-electron chi connectivity index (χ2n) is 7.58. The van der Waals surface area contributed by atoms with E-state index in [9.17, 15) is 9.59 Å². The quantitative estimate of drug-likeness (QED) is 0.716. The number of halogens is 1. The second kappa shape index (κ2) is 6.91. The molecule has 7 nitrogen and oxygen atoms in total. The number of ketones is 1. The van der Waals surface area contributed by atoms with E-state index in [-0.39, 0.29) is 40.6 Å². The molecule has 0 amide bonds. The lowest BCUT2D eigenvalue weighted by Crippen LogP contribution is -2.30. The smallest absolute Gasteiger partial charge is 0.263 e. The predicted molar refractivity (Wildman–Crippen MR) is 103 cm³/mol. The van der Waals surface area contributed by atoms with Gasteiger partial charge in [-0.05, 0) is 30.0 Å². The Balaban J connectivity index is 1.59. The Morgan fingerprint density at radius 3 is 2.79 bits per heavy atom. The van der Waals surface area contributed by atoms with E-state index in [0.29, 0.717) is 34.9 Å². The van der Waals surface area contributed by atoms with Crippen LogP contribution >= 0.6 is 11.6 Å². The van der Waals surface area contributed by atoms with E-state index in [4.69, 9.17) is 20.9 Å². The van der Waals surface area contributed by atoms with E-state index in [2.05, 4.69) is 15.1 Å². The molecule has 0 fully saturated rings. The molecule has 0 bridgehead atoms. The predicted octanol–water partition coefficient (Wildman–Crippen LogP) is 3.81. The van der Waals surface area contributed by atoms with Crippen LogP contribution in [0.5, 0.6) is 5.75 Å². The molecular weight excluding hydrogens is 382 g/mol. The number of para-hydroxylation sites is 1. The van der Waals surface area contributed by atoms with Gasteiger partial charge in [0.1, 0.15) is 11.3 Å². The first-order chi connectivity index (χ1) is 13.3. The zero-order valence-electron chi connectivity index (χ0n) is 15.4. The number of rotatable bonds is 4. The van der Waals surface area contributed by atoms with E-state index < -0.39 is 0 Å². The maximum atomic E-state index is 12.5. The molecular formula is C20H18ClN3O4. The molecule has 1 aliphatic rings. The zero-order chi connectivity index (χ0) is 19.9. The van der Waals surface area contributed by atoms with Crippen molar-refractivity contribution in [1.29, 1.82) is 0 Å². The Kier molecular flexibility index (Phi) is 4.55. The summed E-state index contributed by atoms with van der Waals surface area (Å²) < 4.78 is 10.8. The molecule has 144 valence electrons. The Labute approximate surface area is 165 Å². The Morgan fingerprint density at radius 1 is 1.21 bits per heavy atom. The maximum absolute atomic E-state index is 12.5. The highest BCUT2D eigenvalue weighted by atomic mass is 35.5. The number of nitrogens with one attached hydrogen (secondary N) is 1. The molecule has 8 heteroatoms. The molecule has 2 aromatic heterocycles. The van der Waals surface area contributed by atoms with Crippen molar-refractivity contribution in [2.24, 2.45) is 5.41 Å². The molecule has 0 saturated heterocycles. The fourth-order valence-electron chi connectivity index (χ4n) is 3.31. The minimum atomic E-state index is -0.369. The van der Waals surface area contributed by atoms with Gasteiger partial charge in [-0.25, -0.2) is 0 Å². The summed E-state index contributed by atoms with van der Waals surface area (Å²) in [6.07, 6.45) is 1.05. The summed E-state index contributed by atoms with van der Waals surface area (Å²) in [5.74, 6) is 0.792. The first-order valence-electron chi connectivity index (χ1n) is 8.82. The number of hydrogen-bond acceptors (Lipinski definition) is 6. The van der Waals surface area contributed by atoms with Crippen LogP contribution in [0.25, 0.3) is 11.5 Å². The molecule has 0 saturated carbocycles. The lowest BCUT2D eigenvalue weighted by molar-refractivity contribution is 0.0910. The second-order valence-corrected chi connectivity index (χ2v) is 7.99. The summed E-state index contributed by atoms with van der Waals surface area (Å²) in [6, 6.07) is 8.58. The molecule has 3 aromatic rings. The van der Waals surface area contributed by atoms with Gasteiger partial charge in [-0.15, -0.1) is 0 Å². The number of carbonyl (C=O) groups is 1. The number of pyridine rings is 1. The van der Waals surface area contributed by atoms with Gasteiger partial charge in [0.15, 0.2) is 12.4 Å². The van der Waals surface area contributed by atoms with Gasteiger partial charge in [0.2, 0.25) is 5.82 Å².